The number of nitrogens with zero attached hydrogens (tertiary/aromatic N) is 9. The molecule has 3 aromatic rings. The summed E-state index contributed by atoms with van der Waals surface area (Å²) in [6.07, 6.45) is 8.77. The second-order valence-corrected chi connectivity index (χ2v) is 15.9. The Balaban J connectivity index is 0.879. The van der Waals surface area contributed by atoms with Crippen LogP contribution in [0.5, 0.6) is 11.6 Å². The zero-order valence-electron chi connectivity index (χ0n) is 28.3. The van der Waals surface area contributed by atoms with Crippen molar-refractivity contribution < 1.29 is 13.9 Å². The molecule has 0 unspecified atom stereocenters. The molecule has 6 aliphatic rings. The number of hydrogen-bond acceptors (Lipinski definition) is 11. The van der Waals surface area contributed by atoms with E-state index < -0.39 is 5.82 Å². The molecule has 1 spiro atoms. The van der Waals surface area contributed by atoms with E-state index in [2.05, 4.69) is 53.7 Å². The van der Waals surface area contributed by atoms with Gasteiger partial charge in [-0.15, -0.1) is 10.2 Å². The zero-order chi connectivity index (χ0) is 33.3. The fraction of sp³-hybridized carbons (Fsp3) is 0.622. The van der Waals surface area contributed by atoms with Gasteiger partial charge in [-0.05, 0) is 62.1 Å². The Labute approximate surface area is 286 Å². The molecule has 11 nitrogen and oxygen atoms in total. The van der Waals surface area contributed by atoms with Crippen LogP contribution in [0.25, 0.3) is 11.1 Å². The number of ether oxygens (including phenoxy) is 2. The molecule has 0 N–H and O–H groups in total. The van der Waals surface area contributed by atoms with Gasteiger partial charge in [-0.1, -0.05) is 13.8 Å². The van der Waals surface area contributed by atoms with E-state index in [1.807, 2.05) is 6.07 Å². The number of anilines is 1. The number of halogens is 1. The van der Waals surface area contributed by atoms with E-state index in [9.17, 15) is 9.65 Å². The standard InChI is InChI=1S/C37H44FN9O2/c1-22(2)34(24-9-28(10-24)46-14-25-16-48-17-26(25)15-46)47-19-37(20-47)7-8-45(18-37)35-36(44-42-21-41-35)49-31-6-5-27(38)11-29(31)30-13-40-32(12-39)43-33(30)23-3-4-23/h5-6,11,13,21-26,28,34H,3-4,7-10,14-20H2,1-2H3/t24?,25-,26+,28?,34-/m0/s1. The van der Waals surface area contributed by atoms with Crippen LogP contribution in [-0.4, -0.2) is 99.5 Å². The molecule has 4 aliphatic heterocycles. The summed E-state index contributed by atoms with van der Waals surface area (Å²) < 4.78 is 26.8. The fourth-order valence-electron chi connectivity index (χ4n) is 9.66. The van der Waals surface area contributed by atoms with Crippen LogP contribution in [-0.2, 0) is 4.74 Å². The average molecular weight is 666 g/mol. The first-order valence-electron chi connectivity index (χ1n) is 18.1. The zero-order valence-corrected chi connectivity index (χ0v) is 28.3. The van der Waals surface area contributed by atoms with Crippen LogP contribution in [0.1, 0.15) is 63.4 Å². The van der Waals surface area contributed by atoms with Crippen molar-refractivity contribution in [1.82, 2.24) is 34.9 Å². The summed E-state index contributed by atoms with van der Waals surface area (Å²) in [5.74, 6) is 4.22. The molecule has 2 saturated carbocycles. The van der Waals surface area contributed by atoms with Gasteiger partial charge in [0, 0.05) is 91.8 Å². The summed E-state index contributed by atoms with van der Waals surface area (Å²) in [7, 11) is 0. The number of hydrogen-bond donors (Lipinski definition) is 0. The van der Waals surface area contributed by atoms with E-state index in [-0.39, 0.29) is 17.2 Å². The molecule has 0 radical (unpaired) electrons. The van der Waals surface area contributed by atoms with Crippen molar-refractivity contribution in [3.8, 4) is 28.8 Å². The number of aromatic nitrogens is 5. The minimum atomic E-state index is -0.396. The molecule has 6 heterocycles. The predicted octanol–water partition coefficient (Wildman–Crippen LogP) is 4.90. The summed E-state index contributed by atoms with van der Waals surface area (Å²) in [6.45, 7) is 13.2. The minimum absolute atomic E-state index is 0.110. The van der Waals surface area contributed by atoms with Crippen molar-refractivity contribution >= 4 is 5.82 Å². The Morgan fingerprint density at radius 2 is 1.86 bits per heavy atom. The van der Waals surface area contributed by atoms with Crippen molar-refractivity contribution in [1.29, 1.82) is 5.26 Å². The predicted molar refractivity (Wildman–Crippen MR) is 179 cm³/mol. The van der Waals surface area contributed by atoms with Gasteiger partial charge in [0.05, 0.1) is 18.9 Å². The first-order chi connectivity index (χ1) is 23.9. The first-order valence-corrected chi connectivity index (χ1v) is 18.1. The minimum Gasteiger partial charge on any atom is -0.434 e. The molecule has 9 rings (SSSR count). The summed E-state index contributed by atoms with van der Waals surface area (Å²) >= 11 is 0. The van der Waals surface area contributed by atoms with E-state index in [0.29, 0.717) is 40.5 Å². The molecule has 2 aromatic heterocycles. The van der Waals surface area contributed by atoms with Crippen LogP contribution in [0.15, 0.2) is 30.7 Å². The number of rotatable bonds is 9. The Morgan fingerprint density at radius 3 is 2.59 bits per heavy atom. The maximum Gasteiger partial charge on any atom is 0.282 e. The third-order valence-electron chi connectivity index (χ3n) is 12.2. The Kier molecular flexibility index (Phi) is 7.78. The average Bonchev–Trinajstić information content (AvgIpc) is 3.45. The van der Waals surface area contributed by atoms with Gasteiger partial charge in [-0.2, -0.15) is 5.26 Å². The molecule has 2 aliphatic carbocycles. The lowest BCUT2D eigenvalue weighted by molar-refractivity contribution is -0.0792. The van der Waals surface area contributed by atoms with Gasteiger partial charge < -0.3 is 14.4 Å². The first kappa shape index (κ1) is 31.2. The molecular weight excluding hydrogens is 621 g/mol. The van der Waals surface area contributed by atoms with E-state index in [1.54, 1.807) is 12.3 Å². The van der Waals surface area contributed by atoms with Gasteiger partial charge >= 0.3 is 0 Å². The van der Waals surface area contributed by atoms with Gasteiger partial charge in [0.15, 0.2) is 5.82 Å². The van der Waals surface area contributed by atoms with Crippen LogP contribution in [0.3, 0.4) is 0 Å². The van der Waals surface area contributed by atoms with Crippen LogP contribution < -0.4 is 9.64 Å². The van der Waals surface area contributed by atoms with Crippen LogP contribution in [0.2, 0.25) is 0 Å². The highest BCUT2D eigenvalue weighted by Crippen LogP contribution is 2.49. The number of fused-ring (bicyclic) bond motifs is 1. The molecule has 256 valence electrons. The second-order valence-electron chi connectivity index (χ2n) is 15.9. The molecular formula is C37H44FN9O2. The number of likely N-dealkylation sites (tertiary alicyclic amines) is 2. The third kappa shape index (κ3) is 5.73. The number of nitriles is 1. The van der Waals surface area contributed by atoms with Crippen LogP contribution >= 0.6 is 0 Å². The molecule has 6 fully saturated rings. The number of benzene rings is 1. The van der Waals surface area contributed by atoms with Gasteiger partial charge in [0.1, 0.15) is 24.0 Å². The van der Waals surface area contributed by atoms with Gasteiger partial charge in [-0.25, -0.2) is 19.3 Å². The molecule has 4 saturated heterocycles. The van der Waals surface area contributed by atoms with Crippen molar-refractivity contribution in [3.05, 3.63) is 48.1 Å². The lowest BCUT2D eigenvalue weighted by Gasteiger charge is -2.57. The van der Waals surface area contributed by atoms with Crippen molar-refractivity contribution in [2.75, 3.05) is 57.4 Å². The summed E-state index contributed by atoms with van der Waals surface area (Å²) in [5, 5.41) is 17.8. The monoisotopic (exact) mass is 665 g/mol. The van der Waals surface area contributed by atoms with Gasteiger partial charge in [-0.3, -0.25) is 9.80 Å². The molecule has 3 atom stereocenters. The largest absolute Gasteiger partial charge is 0.434 e. The normalized spacial score (nSPS) is 28.3. The van der Waals surface area contributed by atoms with E-state index in [0.717, 1.165) is 88.1 Å². The van der Waals surface area contributed by atoms with Crippen LogP contribution in [0.4, 0.5) is 10.2 Å². The Hall–Kier alpha value is -3.79. The SMILES string of the molecule is CC(C)[C@@H](C1CC(N2C[C@H]3COC[C@H]3C2)C1)N1CC2(CCN(c3ncnnc3Oc3ccc(F)cc3-c3cnc(C#N)nc3C3CC3)C2)C1. The smallest absolute Gasteiger partial charge is 0.282 e. The molecule has 49 heavy (non-hydrogen) atoms. The van der Waals surface area contributed by atoms with Crippen LogP contribution in [0, 0.1) is 46.2 Å². The molecule has 0 amide bonds. The highest BCUT2D eigenvalue weighted by Gasteiger charge is 2.54. The molecule has 12 heteroatoms. The lowest BCUT2D eigenvalue weighted by Crippen LogP contribution is -2.65. The Bertz CT molecular complexity index is 1750. The van der Waals surface area contributed by atoms with E-state index >= 15 is 0 Å². The van der Waals surface area contributed by atoms with E-state index in [1.165, 1.54) is 44.4 Å². The van der Waals surface area contributed by atoms with E-state index in [4.69, 9.17) is 9.47 Å². The third-order valence-corrected chi connectivity index (χ3v) is 12.2. The summed E-state index contributed by atoms with van der Waals surface area (Å²) in [4.78, 5) is 21.2. The highest BCUT2D eigenvalue weighted by molar-refractivity contribution is 5.73. The maximum atomic E-state index is 14.7. The van der Waals surface area contributed by atoms with Gasteiger partial charge in [0.2, 0.25) is 5.82 Å². The van der Waals surface area contributed by atoms with Crippen molar-refractivity contribution in [2.45, 2.75) is 64.0 Å². The second kappa shape index (κ2) is 12.2. The molecule has 0 bridgehead atoms. The fourth-order valence-corrected chi connectivity index (χ4v) is 9.66. The lowest BCUT2D eigenvalue weighted by atomic mass is 9.68. The molecule has 1 aromatic carbocycles. The van der Waals surface area contributed by atoms with Crippen molar-refractivity contribution in [2.24, 2.45) is 29.1 Å². The quantitative estimate of drug-likeness (QED) is 0.311. The summed E-state index contributed by atoms with van der Waals surface area (Å²) in [6, 6.07) is 7.82. The maximum absolute atomic E-state index is 14.7. The summed E-state index contributed by atoms with van der Waals surface area (Å²) in [5.41, 5.74) is 2.17. The topological polar surface area (TPSA) is 116 Å². The van der Waals surface area contributed by atoms with Crippen molar-refractivity contribution in [3.63, 3.8) is 0 Å². The van der Waals surface area contributed by atoms with Gasteiger partial charge in [0.25, 0.3) is 5.88 Å². The Morgan fingerprint density at radius 1 is 1.06 bits per heavy atom. The highest BCUT2D eigenvalue weighted by atomic mass is 19.1.